The molecular formula is C31H42N8O2. The molecule has 3 fully saturated rings. The maximum atomic E-state index is 12.1. The lowest BCUT2D eigenvalue weighted by Crippen LogP contribution is -2.48. The number of hydrogen-bond acceptors (Lipinski definition) is 8. The number of benzene rings is 1. The molecule has 218 valence electrons. The number of β-amino-alcohol motifs (C(OH)–C–C–N with tert-alkyl or cyclic N) is 1. The van der Waals surface area contributed by atoms with Crippen LogP contribution in [0.1, 0.15) is 46.0 Å². The summed E-state index contributed by atoms with van der Waals surface area (Å²) in [5, 5.41) is 23.4. The lowest BCUT2D eigenvalue weighted by Gasteiger charge is -2.36. The van der Waals surface area contributed by atoms with Gasteiger partial charge in [0.25, 0.3) is 0 Å². The van der Waals surface area contributed by atoms with Gasteiger partial charge < -0.3 is 29.7 Å². The van der Waals surface area contributed by atoms with E-state index in [1.165, 1.54) is 12.8 Å². The molecule has 0 radical (unpaired) electrons. The van der Waals surface area contributed by atoms with Crippen molar-refractivity contribution in [2.24, 2.45) is 5.92 Å². The van der Waals surface area contributed by atoms with Crippen LogP contribution in [0.25, 0.3) is 16.7 Å². The highest BCUT2D eigenvalue weighted by atomic mass is 16.3. The van der Waals surface area contributed by atoms with Crippen LogP contribution in [0.3, 0.4) is 0 Å². The SMILES string of the molecule is C.N#CCC(=O)N1CCN(c2cccc3c2ccn3-c2ccnc(NC3CCC(CN4CC[C@H](O)C4)CC3)n2)CC1. The second kappa shape index (κ2) is 12.9. The minimum Gasteiger partial charge on any atom is -0.392 e. The van der Waals surface area contributed by atoms with E-state index < -0.39 is 0 Å². The summed E-state index contributed by atoms with van der Waals surface area (Å²) in [4.78, 5) is 28.0. The Morgan fingerprint density at radius 2 is 1.85 bits per heavy atom. The van der Waals surface area contributed by atoms with Gasteiger partial charge >= 0.3 is 0 Å². The van der Waals surface area contributed by atoms with E-state index in [9.17, 15) is 9.90 Å². The summed E-state index contributed by atoms with van der Waals surface area (Å²) in [6.45, 7) is 5.69. The van der Waals surface area contributed by atoms with Crippen LogP contribution in [0.2, 0.25) is 0 Å². The van der Waals surface area contributed by atoms with Crippen molar-refractivity contribution in [2.45, 2.75) is 58.1 Å². The molecule has 1 amide bonds. The molecule has 3 aromatic rings. The molecule has 41 heavy (non-hydrogen) atoms. The number of nitrogens with zero attached hydrogens (tertiary/aromatic N) is 7. The highest BCUT2D eigenvalue weighted by Gasteiger charge is 2.27. The van der Waals surface area contributed by atoms with Crippen molar-refractivity contribution in [2.75, 3.05) is 56.0 Å². The number of nitriles is 1. The number of aliphatic hydroxyl groups excluding tert-OH is 1. The fraction of sp³-hybridized carbons (Fsp3) is 0.548. The zero-order valence-electron chi connectivity index (χ0n) is 23.0. The van der Waals surface area contributed by atoms with Gasteiger partial charge in [0.1, 0.15) is 12.2 Å². The lowest BCUT2D eigenvalue weighted by molar-refractivity contribution is -0.130. The summed E-state index contributed by atoms with van der Waals surface area (Å²) in [5.74, 6) is 2.12. The molecule has 0 bridgehead atoms. The Morgan fingerprint density at radius 3 is 2.59 bits per heavy atom. The Bertz CT molecular complexity index is 1370. The van der Waals surface area contributed by atoms with Crippen LogP contribution < -0.4 is 10.2 Å². The molecule has 1 atom stereocenters. The maximum Gasteiger partial charge on any atom is 0.236 e. The molecule has 6 rings (SSSR count). The van der Waals surface area contributed by atoms with Gasteiger partial charge in [-0.1, -0.05) is 13.5 Å². The van der Waals surface area contributed by atoms with Gasteiger partial charge in [-0.2, -0.15) is 10.2 Å². The van der Waals surface area contributed by atoms with Gasteiger partial charge in [-0.05, 0) is 62.3 Å². The predicted octanol–water partition coefficient (Wildman–Crippen LogP) is 3.66. The number of amides is 1. The number of rotatable bonds is 7. The van der Waals surface area contributed by atoms with Crippen molar-refractivity contribution >= 4 is 28.4 Å². The molecule has 2 aliphatic heterocycles. The molecule has 1 aromatic carbocycles. The quantitative estimate of drug-likeness (QED) is 0.452. The van der Waals surface area contributed by atoms with Crippen LogP contribution in [0.5, 0.6) is 0 Å². The lowest BCUT2D eigenvalue weighted by atomic mass is 9.86. The van der Waals surface area contributed by atoms with Crippen LogP contribution in [0.4, 0.5) is 11.6 Å². The number of carbonyl (C=O) groups is 1. The third-order valence-electron chi connectivity index (χ3n) is 8.74. The Morgan fingerprint density at radius 1 is 1.05 bits per heavy atom. The van der Waals surface area contributed by atoms with Gasteiger partial charge in [0.2, 0.25) is 11.9 Å². The topological polar surface area (TPSA) is 114 Å². The summed E-state index contributed by atoms with van der Waals surface area (Å²) in [7, 11) is 0. The van der Waals surface area contributed by atoms with Crippen LogP contribution in [-0.2, 0) is 4.79 Å². The van der Waals surface area contributed by atoms with Gasteiger partial charge in [-0.15, -0.1) is 0 Å². The predicted molar refractivity (Wildman–Crippen MR) is 161 cm³/mol. The third kappa shape index (κ3) is 6.47. The number of likely N-dealkylation sites (tertiary alicyclic amines) is 1. The first kappa shape index (κ1) is 28.8. The normalized spacial score (nSPS) is 23.3. The first-order chi connectivity index (χ1) is 19.6. The van der Waals surface area contributed by atoms with Crippen LogP contribution in [-0.4, -0.2) is 93.3 Å². The highest BCUT2D eigenvalue weighted by Crippen LogP contribution is 2.31. The van der Waals surface area contributed by atoms with E-state index in [2.05, 4.69) is 55.1 Å². The molecule has 10 nitrogen and oxygen atoms in total. The van der Waals surface area contributed by atoms with Crippen molar-refractivity contribution in [3.8, 4) is 11.9 Å². The molecule has 2 aromatic heterocycles. The van der Waals surface area contributed by atoms with E-state index in [0.29, 0.717) is 31.0 Å². The number of aromatic nitrogens is 3. The molecule has 10 heteroatoms. The van der Waals surface area contributed by atoms with Gasteiger partial charge in [-0.3, -0.25) is 4.79 Å². The van der Waals surface area contributed by atoms with Crippen molar-refractivity contribution < 1.29 is 9.90 Å². The van der Waals surface area contributed by atoms with E-state index in [1.807, 2.05) is 18.3 Å². The molecule has 1 aliphatic carbocycles. The Kier molecular flexibility index (Phi) is 9.06. The Labute approximate surface area is 242 Å². The highest BCUT2D eigenvalue weighted by molar-refractivity contribution is 5.94. The van der Waals surface area contributed by atoms with Crippen molar-refractivity contribution in [3.05, 3.63) is 42.7 Å². The van der Waals surface area contributed by atoms with E-state index in [-0.39, 0.29) is 25.9 Å². The van der Waals surface area contributed by atoms with Gasteiger partial charge in [0.15, 0.2) is 0 Å². The largest absolute Gasteiger partial charge is 0.392 e. The van der Waals surface area contributed by atoms with E-state index in [0.717, 1.165) is 74.4 Å². The summed E-state index contributed by atoms with van der Waals surface area (Å²) in [5.41, 5.74) is 2.23. The standard InChI is InChI=1S/C30H38N8O2.CH4/c31-12-8-29(40)37-18-16-36(17-19-37)26-2-1-3-27-25(26)11-15-38(27)28-9-13-32-30(34-28)33-23-6-4-22(5-7-23)20-35-14-10-24(39)21-35;/h1-3,9,11,13,15,22-24,39H,4-8,10,14,16-21H2,(H,32,33,34);1H4/t22?,23?,24-;/m0./s1. The third-order valence-corrected chi connectivity index (χ3v) is 8.74. The molecule has 2 saturated heterocycles. The molecule has 3 aliphatic rings. The number of anilines is 2. The summed E-state index contributed by atoms with van der Waals surface area (Å²) >= 11 is 0. The fourth-order valence-electron chi connectivity index (χ4n) is 6.57. The average molecular weight is 559 g/mol. The second-order valence-corrected chi connectivity index (χ2v) is 11.4. The second-order valence-electron chi connectivity index (χ2n) is 11.4. The van der Waals surface area contributed by atoms with Gasteiger partial charge in [0, 0.05) is 75.3 Å². The fourth-order valence-corrected chi connectivity index (χ4v) is 6.57. The zero-order chi connectivity index (χ0) is 27.5. The first-order valence-electron chi connectivity index (χ1n) is 14.6. The smallest absolute Gasteiger partial charge is 0.236 e. The number of carbonyl (C=O) groups excluding carboxylic acids is 1. The molecule has 4 heterocycles. The zero-order valence-corrected chi connectivity index (χ0v) is 23.0. The number of piperazine rings is 1. The minimum atomic E-state index is -0.144. The van der Waals surface area contributed by atoms with Crippen LogP contribution >= 0.6 is 0 Å². The van der Waals surface area contributed by atoms with Crippen molar-refractivity contribution in [3.63, 3.8) is 0 Å². The van der Waals surface area contributed by atoms with Crippen molar-refractivity contribution in [1.29, 1.82) is 5.26 Å². The maximum absolute atomic E-state index is 12.1. The molecule has 0 unspecified atom stereocenters. The van der Waals surface area contributed by atoms with E-state index >= 15 is 0 Å². The minimum absolute atomic E-state index is 0. The summed E-state index contributed by atoms with van der Waals surface area (Å²) in [6, 6.07) is 12.7. The first-order valence-corrected chi connectivity index (χ1v) is 14.6. The Hall–Kier alpha value is -3.68. The average Bonchev–Trinajstić information content (AvgIpc) is 3.60. The molecule has 0 spiro atoms. The van der Waals surface area contributed by atoms with Gasteiger partial charge in [-0.25, -0.2) is 4.98 Å². The number of hydrogen-bond donors (Lipinski definition) is 2. The molecular weight excluding hydrogens is 516 g/mol. The number of nitrogens with one attached hydrogen (secondary N) is 1. The summed E-state index contributed by atoms with van der Waals surface area (Å²) in [6.07, 6.45) is 9.20. The van der Waals surface area contributed by atoms with Crippen LogP contribution in [0, 0.1) is 17.2 Å². The van der Waals surface area contributed by atoms with Crippen LogP contribution in [0.15, 0.2) is 42.7 Å². The molecule has 2 N–H and O–H groups in total. The monoisotopic (exact) mass is 558 g/mol. The summed E-state index contributed by atoms with van der Waals surface area (Å²) < 4.78 is 2.11. The van der Waals surface area contributed by atoms with Crippen molar-refractivity contribution in [1.82, 2.24) is 24.3 Å². The van der Waals surface area contributed by atoms with E-state index in [4.69, 9.17) is 10.2 Å². The van der Waals surface area contributed by atoms with Gasteiger partial charge in [0.05, 0.1) is 17.7 Å². The Balaban J connectivity index is 0.00000337. The molecule has 1 saturated carbocycles. The van der Waals surface area contributed by atoms with E-state index in [1.54, 1.807) is 4.90 Å². The number of aliphatic hydroxyl groups is 1. The number of fused-ring (bicyclic) bond motifs is 1.